The summed E-state index contributed by atoms with van der Waals surface area (Å²) in [7, 11) is 0. The molecule has 2 fully saturated rings. The molecule has 8 atom stereocenters. The van der Waals surface area contributed by atoms with Crippen LogP contribution in [0.15, 0.2) is 12.7 Å². The number of aliphatic hydroxyl groups is 6. The van der Waals surface area contributed by atoms with Crippen LogP contribution in [0.3, 0.4) is 0 Å². The Bertz CT molecular complexity index is 866. The first-order chi connectivity index (χ1) is 13.3. The number of nitrogens with two attached hydrogens (primary N) is 1. The van der Waals surface area contributed by atoms with Crippen LogP contribution in [0.2, 0.25) is 0 Å². The van der Waals surface area contributed by atoms with Gasteiger partial charge < -0.3 is 45.8 Å². The van der Waals surface area contributed by atoms with Crippen molar-refractivity contribution in [2.45, 2.75) is 48.5 Å². The molecule has 0 radical (unpaired) electrons. The monoisotopic (exact) mass is 399 g/mol. The molecular weight excluding hydrogens is 378 g/mol. The number of aliphatic hydroxyl groups excluding tert-OH is 5. The van der Waals surface area contributed by atoms with Crippen LogP contribution in [-0.4, -0.2) is 106 Å². The van der Waals surface area contributed by atoms with Gasteiger partial charge in [-0.25, -0.2) is 15.0 Å². The lowest BCUT2D eigenvalue weighted by molar-refractivity contribution is -0.200. The van der Waals surface area contributed by atoms with Gasteiger partial charge in [0.1, 0.15) is 48.5 Å². The zero-order valence-corrected chi connectivity index (χ0v) is 14.5. The van der Waals surface area contributed by atoms with E-state index < -0.39 is 61.7 Å². The predicted molar refractivity (Wildman–Crippen MR) is 89.4 cm³/mol. The third-order valence-electron chi connectivity index (χ3n) is 5.34. The quantitative estimate of drug-likeness (QED) is 0.261. The van der Waals surface area contributed by atoms with Gasteiger partial charge in [-0.15, -0.1) is 0 Å². The van der Waals surface area contributed by atoms with E-state index in [9.17, 15) is 30.6 Å². The van der Waals surface area contributed by atoms with E-state index in [-0.39, 0.29) is 17.0 Å². The van der Waals surface area contributed by atoms with Gasteiger partial charge in [0.2, 0.25) is 0 Å². The average molecular weight is 399 g/mol. The summed E-state index contributed by atoms with van der Waals surface area (Å²) >= 11 is 0. The first-order valence-electron chi connectivity index (χ1n) is 8.56. The molecule has 0 saturated carbocycles. The van der Waals surface area contributed by atoms with Gasteiger partial charge in [-0.1, -0.05) is 0 Å². The molecule has 0 aliphatic carbocycles. The fourth-order valence-electron chi connectivity index (χ4n) is 3.86. The van der Waals surface area contributed by atoms with E-state index in [1.54, 1.807) is 0 Å². The zero-order chi connectivity index (χ0) is 20.2. The minimum absolute atomic E-state index is 0.0810. The summed E-state index contributed by atoms with van der Waals surface area (Å²) in [5, 5.41) is 61.4. The molecule has 4 rings (SSSR count). The number of hydrogen-bond acceptors (Lipinski definition) is 12. The SMILES string of the molecule is Nc1ncnc2c1ncn2[C@@H]1O[C@H](CO)[C@@H](O)[C@]1(O)C1O[C@H](CO)[C@@H](O)[C@H]1O. The normalized spacial score (nSPS) is 41.1. The first-order valence-corrected chi connectivity index (χ1v) is 8.56. The van der Waals surface area contributed by atoms with E-state index in [1.807, 2.05) is 0 Å². The zero-order valence-electron chi connectivity index (χ0n) is 14.5. The number of fused-ring (bicyclic) bond motifs is 1. The second kappa shape index (κ2) is 6.82. The molecule has 2 aliphatic heterocycles. The molecule has 2 aromatic heterocycles. The van der Waals surface area contributed by atoms with E-state index >= 15 is 0 Å². The molecule has 4 heterocycles. The summed E-state index contributed by atoms with van der Waals surface area (Å²) < 4.78 is 12.3. The number of anilines is 1. The van der Waals surface area contributed by atoms with Gasteiger partial charge in [-0.05, 0) is 0 Å². The Morgan fingerprint density at radius 1 is 1.04 bits per heavy atom. The third kappa shape index (κ3) is 2.53. The molecule has 13 heteroatoms. The van der Waals surface area contributed by atoms with Gasteiger partial charge in [0.15, 0.2) is 23.3 Å². The fourth-order valence-corrected chi connectivity index (χ4v) is 3.86. The summed E-state index contributed by atoms with van der Waals surface area (Å²) in [5.41, 5.74) is 3.84. The van der Waals surface area contributed by atoms with Crippen LogP contribution in [0.25, 0.3) is 11.2 Å². The second-order valence-electron chi connectivity index (χ2n) is 6.88. The Morgan fingerprint density at radius 2 is 1.75 bits per heavy atom. The van der Waals surface area contributed by atoms with Crippen LogP contribution in [0.1, 0.15) is 6.23 Å². The van der Waals surface area contributed by atoms with Crippen LogP contribution in [0.4, 0.5) is 5.82 Å². The average Bonchev–Trinajstić information content (AvgIpc) is 3.31. The summed E-state index contributed by atoms with van der Waals surface area (Å²) in [6, 6.07) is 0. The van der Waals surface area contributed by atoms with Crippen LogP contribution >= 0.6 is 0 Å². The van der Waals surface area contributed by atoms with Crippen LogP contribution in [-0.2, 0) is 9.47 Å². The highest BCUT2D eigenvalue weighted by atomic mass is 16.6. The number of nitrogen functional groups attached to an aromatic ring is 1. The van der Waals surface area contributed by atoms with Crippen molar-refractivity contribution < 1.29 is 40.1 Å². The van der Waals surface area contributed by atoms with Crippen molar-refractivity contribution in [2.75, 3.05) is 18.9 Å². The van der Waals surface area contributed by atoms with Crippen molar-refractivity contribution in [1.82, 2.24) is 19.5 Å². The van der Waals surface area contributed by atoms with E-state index in [0.717, 1.165) is 0 Å². The number of rotatable bonds is 4. The molecule has 1 unspecified atom stereocenters. The Kier molecular flexibility index (Phi) is 4.71. The van der Waals surface area contributed by atoms with E-state index in [4.69, 9.17) is 15.2 Å². The lowest BCUT2D eigenvalue weighted by Crippen LogP contribution is -2.59. The van der Waals surface area contributed by atoms with Gasteiger partial charge in [-0.2, -0.15) is 0 Å². The molecule has 154 valence electrons. The van der Waals surface area contributed by atoms with Crippen LogP contribution in [0.5, 0.6) is 0 Å². The molecule has 13 nitrogen and oxygen atoms in total. The molecule has 0 spiro atoms. The minimum Gasteiger partial charge on any atom is -0.394 e. The number of aromatic nitrogens is 4. The lowest BCUT2D eigenvalue weighted by Gasteiger charge is -2.37. The van der Waals surface area contributed by atoms with Gasteiger partial charge in [-0.3, -0.25) is 4.57 Å². The van der Waals surface area contributed by atoms with Crippen molar-refractivity contribution in [3.05, 3.63) is 12.7 Å². The van der Waals surface area contributed by atoms with Crippen LogP contribution < -0.4 is 5.73 Å². The van der Waals surface area contributed by atoms with Crippen molar-refractivity contribution in [3.63, 3.8) is 0 Å². The number of nitrogens with zero attached hydrogens (tertiary/aromatic N) is 4. The van der Waals surface area contributed by atoms with E-state index in [1.165, 1.54) is 17.2 Å². The third-order valence-corrected chi connectivity index (χ3v) is 5.34. The fraction of sp³-hybridized carbons (Fsp3) is 0.667. The Labute approximate surface area is 157 Å². The Balaban J connectivity index is 1.82. The summed E-state index contributed by atoms with van der Waals surface area (Å²) in [6.07, 6.45) is -7.79. The Morgan fingerprint density at radius 3 is 2.39 bits per heavy atom. The first kappa shape index (κ1) is 19.4. The van der Waals surface area contributed by atoms with Crippen molar-refractivity contribution >= 4 is 17.0 Å². The topological polar surface area (TPSA) is 209 Å². The number of hydrogen-bond donors (Lipinski definition) is 7. The van der Waals surface area contributed by atoms with Gasteiger partial charge in [0.25, 0.3) is 0 Å². The highest BCUT2D eigenvalue weighted by molar-refractivity contribution is 5.81. The molecule has 0 bridgehead atoms. The summed E-state index contributed by atoms with van der Waals surface area (Å²) in [4.78, 5) is 12.0. The van der Waals surface area contributed by atoms with Gasteiger partial charge >= 0.3 is 0 Å². The van der Waals surface area contributed by atoms with Gasteiger partial charge in [0, 0.05) is 0 Å². The molecule has 2 aliphatic rings. The largest absolute Gasteiger partial charge is 0.394 e. The number of ether oxygens (including phenoxy) is 2. The van der Waals surface area contributed by atoms with E-state index in [2.05, 4.69) is 15.0 Å². The second-order valence-corrected chi connectivity index (χ2v) is 6.88. The van der Waals surface area contributed by atoms with Crippen molar-refractivity contribution in [3.8, 4) is 0 Å². The standard InChI is InChI=1S/C15H21N5O8/c16-12-7-13(18-3-17-12)20(4-19-7)14-15(26,10(25)6(2-22)28-14)11-9(24)8(23)5(1-21)27-11/h3-6,8-11,14,21-26H,1-2H2,(H2,16,17,18)/t5-,6-,8-,9-,10-,11?,14-,15+/m1/s1. The minimum atomic E-state index is -2.33. The van der Waals surface area contributed by atoms with E-state index in [0.29, 0.717) is 0 Å². The molecule has 0 amide bonds. The highest BCUT2D eigenvalue weighted by Gasteiger charge is 2.66. The smallest absolute Gasteiger partial charge is 0.171 e. The van der Waals surface area contributed by atoms with Crippen molar-refractivity contribution in [2.24, 2.45) is 0 Å². The molecule has 2 saturated heterocycles. The highest BCUT2D eigenvalue weighted by Crippen LogP contribution is 2.46. The molecule has 2 aromatic rings. The summed E-state index contributed by atoms with van der Waals surface area (Å²) in [6.45, 7) is -1.26. The molecule has 28 heavy (non-hydrogen) atoms. The van der Waals surface area contributed by atoms with Crippen LogP contribution in [0, 0.1) is 0 Å². The maximum absolute atomic E-state index is 11.4. The maximum atomic E-state index is 11.4. The molecule has 0 aromatic carbocycles. The molecule has 8 N–H and O–H groups in total. The molecular formula is C15H21N5O8. The number of imidazole rings is 1. The Hall–Kier alpha value is -1.97. The van der Waals surface area contributed by atoms with Crippen molar-refractivity contribution in [1.29, 1.82) is 0 Å². The predicted octanol–water partition coefficient (Wildman–Crippen LogP) is -4.13. The lowest BCUT2D eigenvalue weighted by atomic mass is 9.84. The summed E-state index contributed by atoms with van der Waals surface area (Å²) in [5.74, 6) is 0.0810. The van der Waals surface area contributed by atoms with Gasteiger partial charge in [0.05, 0.1) is 19.5 Å². The maximum Gasteiger partial charge on any atom is 0.171 e.